The second kappa shape index (κ2) is 6.51. The number of pyridine rings is 1. The van der Waals surface area contributed by atoms with Crippen molar-refractivity contribution in [2.45, 2.75) is 32.4 Å². The van der Waals surface area contributed by atoms with Crippen LogP contribution in [-0.2, 0) is 4.74 Å². The monoisotopic (exact) mass is 376 g/mol. The van der Waals surface area contributed by atoms with Crippen LogP contribution in [0.1, 0.15) is 20.3 Å². The SMILES string of the molecule is COC1CC(N=C(N)Nc2ccccn2)C1(C)C.I. The molecule has 3 N–H and O–H groups in total. The fourth-order valence-corrected chi connectivity index (χ4v) is 2.25. The molecule has 1 saturated carbocycles. The number of nitrogens with two attached hydrogens (primary N) is 1. The quantitative estimate of drug-likeness (QED) is 0.482. The number of hydrogen-bond donors (Lipinski definition) is 2. The number of rotatable bonds is 3. The molecule has 0 aliphatic heterocycles. The van der Waals surface area contributed by atoms with E-state index in [4.69, 9.17) is 10.5 Å². The summed E-state index contributed by atoms with van der Waals surface area (Å²) in [7, 11) is 1.74. The molecule has 1 heterocycles. The molecule has 5 nitrogen and oxygen atoms in total. The molecule has 1 aromatic rings. The Morgan fingerprint density at radius 3 is 2.79 bits per heavy atom. The second-order valence-electron chi connectivity index (χ2n) is 5.15. The molecule has 0 saturated heterocycles. The number of guanidine groups is 1. The number of anilines is 1. The third kappa shape index (κ3) is 3.56. The Hall–Kier alpha value is -0.890. The summed E-state index contributed by atoms with van der Waals surface area (Å²) in [6.45, 7) is 4.29. The first-order valence-corrected chi connectivity index (χ1v) is 6.08. The van der Waals surface area contributed by atoms with E-state index in [0.717, 1.165) is 6.42 Å². The largest absolute Gasteiger partial charge is 0.381 e. The maximum absolute atomic E-state index is 5.88. The first kappa shape index (κ1) is 16.2. The van der Waals surface area contributed by atoms with Gasteiger partial charge in [0.15, 0.2) is 5.96 Å². The molecular weight excluding hydrogens is 355 g/mol. The highest BCUT2D eigenvalue weighted by Gasteiger charge is 2.48. The first-order chi connectivity index (χ1) is 8.54. The van der Waals surface area contributed by atoms with Gasteiger partial charge in [-0.05, 0) is 18.6 Å². The zero-order chi connectivity index (χ0) is 13.2. The smallest absolute Gasteiger partial charge is 0.194 e. The molecule has 0 amide bonds. The molecule has 2 rings (SSSR count). The lowest BCUT2D eigenvalue weighted by Crippen LogP contribution is -2.54. The Bertz CT molecular complexity index is 436. The predicted octanol–water partition coefficient (Wildman–Crippen LogP) is 2.24. The number of halogens is 1. The van der Waals surface area contributed by atoms with Gasteiger partial charge in [-0.3, -0.25) is 0 Å². The lowest BCUT2D eigenvalue weighted by atomic mass is 9.65. The lowest BCUT2D eigenvalue weighted by molar-refractivity contribution is -0.0850. The van der Waals surface area contributed by atoms with Crippen molar-refractivity contribution >= 4 is 35.8 Å². The average Bonchev–Trinajstić information content (AvgIpc) is 2.35. The maximum atomic E-state index is 5.88. The summed E-state index contributed by atoms with van der Waals surface area (Å²) in [6.07, 6.45) is 2.88. The third-order valence-corrected chi connectivity index (χ3v) is 3.63. The van der Waals surface area contributed by atoms with E-state index in [-0.39, 0.29) is 41.5 Å². The molecule has 1 fully saturated rings. The van der Waals surface area contributed by atoms with E-state index in [1.165, 1.54) is 0 Å². The van der Waals surface area contributed by atoms with Crippen molar-refractivity contribution in [1.82, 2.24) is 4.98 Å². The summed E-state index contributed by atoms with van der Waals surface area (Å²) < 4.78 is 5.39. The van der Waals surface area contributed by atoms with Crippen molar-refractivity contribution in [1.29, 1.82) is 0 Å². The van der Waals surface area contributed by atoms with Crippen molar-refractivity contribution in [2.75, 3.05) is 12.4 Å². The number of aromatic nitrogens is 1. The predicted molar refractivity (Wildman–Crippen MR) is 87.9 cm³/mol. The Morgan fingerprint density at radius 1 is 1.53 bits per heavy atom. The Balaban J connectivity index is 0.00000180. The molecule has 19 heavy (non-hydrogen) atoms. The minimum absolute atomic E-state index is 0. The fourth-order valence-electron chi connectivity index (χ4n) is 2.25. The van der Waals surface area contributed by atoms with Gasteiger partial charge in [-0.2, -0.15) is 0 Å². The van der Waals surface area contributed by atoms with Crippen LogP contribution in [0.2, 0.25) is 0 Å². The highest BCUT2D eigenvalue weighted by Crippen LogP contribution is 2.44. The van der Waals surface area contributed by atoms with E-state index in [9.17, 15) is 0 Å². The van der Waals surface area contributed by atoms with Crippen LogP contribution in [0.4, 0.5) is 5.82 Å². The molecule has 106 valence electrons. The van der Waals surface area contributed by atoms with Crippen molar-refractivity contribution < 1.29 is 4.74 Å². The van der Waals surface area contributed by atoms with Crippen LogP contribution >= 0.6 is 24.0 Å². The molecular formula is C13H21IN4O. The highest BCUT2D eigenvalue weighted by molar-refractivity contribution is 14.0. The molecule has 2 unspecified atom stereocenters. The van der Waals surface area contributed by atoms with E-state index in [0.29, 0.717) is 11.8 Å². The molecule has 2 atom stereocenters. The van der Waals surface area contributed by atoms with Gasteiger partial charge in [0.2, 0.25) is 0 Å². The Morgan fingerprint density at radius 2 is 2.26 bits per heavy atom. The van der Waals surface area contributed by atoms with Gasteiger partial charge in [-0.15, -0.1) is 24.0 Å². The molecule has 0 radical (unpaired) electrons. The summed E-state index contributed by atoms with van der Waals surface area (Å²) in [5.74, 6) is 1.11. The van der Waals surface area contributed by atoms with Crippen molar-refractivity contribution in [3.05, 3.63) is 24.4 Å². The topological polar surface area (TPSA) is 72.5 Å². The van der Waals surface area contributed by atoms with Crippen molar-refractivity contribution in [3.63, 3.8) is 0 Å². The summed E-state index contributed by atoms with van der Waals surface area (Å²) in [4.78, 5) is 8.63. The second-order valence-corrected chi connectivity index (χ2v) is 5.15. The molecule has 1 aliphatic carbocycles. The van der Waals surface area contributed by atoms with Crippen LogP contribution in [0, 0.1) is 5.41 Å². The normalized spacial score (nSPS) is 25.1. The van der Waals surface area contributed by atoms with E-state index in [1.54, 1.807) is 13.3 Å². The van der Waals surface area contributed by atoms with Gasteiger partial charge in [-0.25, -0.2) is 9.98 Å². The summed E-state index contributed by atoms with van der Waals surface area (Å²) in [6, 6.07) is 5.80. The average molecular weight is 376 g/mol. The van der Waals surface area contributed by atoms with Crippen LogP contribution in [0.25, 0.3) is 0 Å². The molecule has 6 heteroatoms. The number of aliphatic imine (C=N–C) groups is 1. The standard InChI is InChI=1S/C13H20N4O.HI/c1-13(2)9(8-10(13)18-3)16-12(14)17-11-6-4-5-7-15-11;/h4-7,9-10H,8H2,1-3H3,(H3,14,15,16,17);1H. The van der Waals surface area contributed by atoms with Crippen LogP contribution in [0.5, 0.6) is 0 Å². The zero-order valence-electron chi connectivity index (χ0n) is 11.5. The Kier molecular flexibility index (Phi) is 5.54. The number of nitrogens with one attached hydrogen (secondary N) is 1. The van der Waals surface area contributed by atoms with Crippen LogP contribution in [0.3, 0.4) is 0 Å². The summed E-state index contributed by atoms with van der Waals surface area (Å²) in [5.41, 5.74) is 5.92. The zero-order valence-corrected chi connectivity index (χ0v) is 13.8. The van der Waals surface area contributed by atoms with E-state index < -0.39 is 0 Å². The fraction of sp³-hybridized carbons (Fsp3) is 0.538. The van der Waals surface area contributed by atoms with E-state index in [2.05, 4.69) is 29.1 Å². The van der Waals surface area contributed by atoms with E-state index >= 15 is 0 Å². The van der Waals surface area contributed by atoms with Crippen LogP contribution in [-0.4, -0.2) is 30.2 Å². The van der Waals surface area contributed by atoms with Crippen molar-refractivity contribution in [3.8, 4) is 0 Å². The lowest BCUT2D eigenvalue weighted by Gasteiger charge is -2.48. The minimum atomic E-state index is 0. The van der Waals surface area contributed by atoms with Gasteiger partial charge >= 0.3 is 0 Å². The van der Waals surface area contributed by atoms with E-state index in [1.807, 2.05) is 18.2 Å². The van der Waals surface area contributed by atoms with Crippen LogP contribution < -0.4 is 11.1 Å². The maximum Gasteiger partial charge on any atom is 0.194 e. The first-order valence-electron chi connectivity index (χ1n) is 6.08. The molecule has 1 aliphatic rings. The number of methoxy groups -OCH3 is 1. The summed E-state index contributed by atoms with van der Waals surface area (Å²) in [5, 5.41) is 2.99. The minimum Gasteiger partial charge on any atom is -0.381 e. The number of ether oxygens (including phenoxy) is 1. The summed E-state index contributed by atoms with van der Waals surface area (Å²) >= 11 is 0. The van der Waals surface area contributed by atoms with Crippen molar-refractivity contribution in [2.24, 2.45) is 16.1 Å². The van der Waals surface area contributed by atoms with Gasteiger partial charge in [0.1, 0.15) is 5.82 Å². The molecule has 0 spiro atoms. The van der Waals surface area contributed by atoms with Gasteiger partial charge in [0, 0.05) is 18.7 Å². The molecule has 1 aromatic heterocycles. The Labute approximate surface area is 131 Å². The van der Waals surface area contributed by atoms with Crippen LogP contribution in [0.15, 0.2) is 29.4 Å². The number of nitrogens with zero attached hydrogens (tertiary/aromatic N) is 2. The molecule has 0 aromatic carbocycles. The highest BCUT2D eigenvalue weighted by atomic mass is 127. The van der Waals surface area contributed by atoms with Gasteiger partial charge < -0.3 is 15.8 Å². The van der Waals surface area contributed by atoms with Gasteiger partial charge in [0.25, 0.3) is 0 Å². The number of hydrogen-bond acceptors (Lipinski definition) is 3. The van der Waals surface area contributed by atoms with Gasteiger partial charge in [0.05, 0.1) is 12.1 Å². The third-order valence-electron chi connectivity index (χ3n) is 3.63. The van der Waals surface area contributed by atoms with Gasteiger partial charge in [-0.1, -0.05) is 19.9 Å². The molecule has 0 bridgehead atoms.